The Morgan fingerprint density at radius 1 is 1.12 bits per heavy atom. The lowest BCUT2D eigenvalue weighted by Crippen LogP contribution is -2.29. The van der Waals surface area contributed by atoms with E-state index in [4.69, 9.17) is 14.2 Å². The molecule has 0 unspecified atom stereocenters. The first kappa shape index (κ1) is 19.0. The number of nitrogens with one attached hydrogen (secondary N) is 1. The molecule has 1 aromatic carbocycles. The van der Waals surface area contributed by atoms with Crippen LogP contribution in [0.15, 0.2) is 23.1 Å². The topological polar surface area (TPSA) is 105 Å². The average molecular weight is 370 g/mol. The number of nitrogens with zero attached hydrogens (tertiary/aromatic N) is 3. The van der Waals surface area contributed by atoms with Crippen LogP contribution >= 0.6 is 0 Å². The molecule has 0 aliphatic heterocycles. The molecule has 0 saturated carbocycles. The molecular weight excluding hydrogens is 348 g/mol. The van der Waals surface area contributed by atoms with Gasteiger partial charge in [0.15, 0.2) is 17.3 Å². The van der Waals surface area contributed by atoms with Crippen LogP contribution in [0.4, 0.5) is 0 Å². The van der Waals surface area contributed by atoms with Gasteiger partial charge >= 0.3 is 6.01 Å². The molecule has 1 heterocycles. The van der Waals surface area contributed by atoms with Gasteiger partial charge in [-0.25, -0.2) is 13.1 Å². The molecule has 1 aromatic heterocycles. The van der Waals surface area contributed by atoms with Gasteiger partial charge in [-0.2, -0.15) is 0 Å². The summed E-state index contributed by atoms with van der Waals surface area (Å²) in [4.78, 5) is 0.0616. The molecule has 10 heteroatoms. The Hall–Kier alpha value is -2.33. The zero-order valence-corrected chi connectivity index (χ0v) is 15.6. The highest BCUT2D eigenvalue weighted by molar-refractivity contribution is 7.89. The molecule has 0 fully saturated rings. The minimum Gasteiger partial charge on any atom is -0.493 e. The summed E-state index contributed by atoms with van der Waals surface area (Å²) in [6, 6.07) is 4.11. The molecule has 0 bridgehead atoms. The van der Waals surface area contributed by atoms with Gasteiger partial charge in [-0.05, 0) is 26.0 Å². The standard InChI is InChI=1S/C15H22N4O5S/c1-6-19-14(16-17-15(19)24-5)10(2)18-25(20,21)11-7-8-12(22-3)13(9-11)23-4/h7-10,18H,6H2,1-5H3/t10-/m1/s1. The maximum Gasteiger partial charge on any atom is 0.316 e. The molecule has 2 aromatic rings. The molecule has 1 N–H and O–H groups in total. The number of rotatable bonds is 8. The van der Waals surface area contributed by atoms with E-state index in [1.54, 1.807) is 11.5 Å². The number of ether oxygens (including phenoxy) is 3. The van der Waals surface area contributed by atoms with E-state index >= 15 is 0 Å². The number of sulfonamides is 1. The second-order valence-corrected chi connectivity index (χ2v) is 6.86. The monoisotopic (exact) mass is 370 g/mol. The molecule has 0 saturated heterocycles. The zero-order chi connectivity index (χ0) is 18.6. The third-order valence-electron chi connectivity index (χ3n) is 3.63. The highest BCUT2D eigenvalue weighted by Gasteiger charge is 2.24. The van der Waals surface area contributed by atoms with Crippen LogP contribution in [0.5, 0.6) is 17.5 Å². The van der Waals surface area contributed by atoms with Crippen molar-refractivity contribution in [3.63, 3.8) is 0 Å². The number of methoxy groups -OCH3 is 3. The first-order valence-corrected chi connectivity index (χ1v) is 9.07. The van der Waals surface area contributed by atoms with Gasteiger partial charge in [0.2, 0.25) is 10.0 Å². The highest BCUT2D eigenvalue weighted by atomic mass is 32.2. The van der Waals surface area contributed by atoms with Crippen LogP contribution in [0.1, 0.15) is 25.7 Å². The minimum atomic E-state index is -3.80. The van der Waals surface area contributed by atoms with E-state index in [2.05, 4.69) is 14.9 Å². The Labute approximate surface area is 147 Å². The van der Waals surface area contributed by atoms with Gasteiger partial charge in [0, 0.05) is 12.6 Å². The van der Waals surface area contributed by atoms with Crippen molar-refractivity contribution in [3.8, 4) is 17.5 Å². The lowest BCUT2D eigenvalue weighted by Gasteiger charge is -2.16. The van der Waals surface area contributed by atoms with Crippen molar-refractivity contribution in [1.82, 2.24) is 19.5 Å². The fraction of sp³-hybridized carbons (Fsp3) is 0.467. The third-order valence-corrected chi connectivity index (χ3v) is 5.17. The Morgan fingerprint density at radius 2 is 1.80 bits per heavy atom. The fourth-order valence-electron chi connectivity index (χ4n) is 2.41. The van der Waals surface area contributed by atoms with E-state index in [1.807, 2.05) is 6.92 Å². The fourth-order valence-corrected chi connectivity index (χ4v) is 3.62. The second kappa shape index (κ2) is 7.70. The molecule has 25 heavy (non-hydrogen) atoms. The summed E-state index contributed by atoms with van der Waals surface area (Å²) in [5.74, 6) is 1.24. The molecule has 2 rings (SSSR count). The van der Waals surface area contributed by atoms with Crippen molar-refractivity contribution in [2.24, 2.45) is 0 Å². The molecule has 0 radical (unpaired) electrons. The maximum absolute atomic E-state index is 12.7. The summed E-state index contributed by atoms with van der Waals surface area (Å²) in [5, 5.41) is 7.91. The zero-order valence-electron chi connectivity index (χ0n) is 14.8. The summed E-state index contributed by atoms with van der Waals surface area (Å²) in [5.41, 5.74) is 0. The SMILES string of the molecule is CCn1c(OC)nnc1[C@@H](C)NS(=O)(=O)c1ccc(OC)c(OC)c1. The summed E-state index contributed by atoms with van der Waals surface area (Å²) in [7, 11) is 0.618. The van der Waals surface area contributed by atoms with Crippen LogP contribution in [-0.2, 0) is 16.6 Å². The minimum absolute atomic E-state index is 0.0616. The van der Waals surface area contributed by atoms with Gasteiger partial charge < -0.3 is 14.2 Å². The van der Waals surface area contributed by atoms with Crippen molar-refractivity contribution in [3.05, 3.63) is 24.0 Å². The van der Waals surface area contributed by atoms with Crippen molar-refractivity contribution >= 4 is 10.0 Å². The van der Waals surface area contributed by atoms with Gasteiger partial charge in [-0.15, -0.1) is 5.10 Å². The van der Waals surface area contributed by atoms with E-state index in [1.165, 1.54) is 39.5 Å². The summed E-state index contributed by atoms with van der Waals surface area (Å²) >= 11 is 0. The Morgan fingerprint density at radius 3 is 2.36 bits per heavy atom. The van der Waals surface area contributed by atoms with Gasteiger partial charge in [-0.3, -0.25) is 4.57 Å². The largest absolute Gasteiger partial charge is 0.493 e. The second-order valence-electron chi connectivity index (χ2n) is 5.15. The molecule has 0 aliphatic rings. The van der Waals surface area contributed by atoms with Gasteiger partial charge in [-0.1, -0.05) is 5.10 Å². The van der Waals surface area contributed by atoms with Gasteiger partial charge in [0.05, 0.1) is 32.3 Å². The Kier molecular flexibility index (Phi) is 5.85. The van der Waals surface area contributed by atoms with Crippen molar-refractivity contribution in [2.45, 2.75) is 31.3 Å². The lowest BCUT2D eigenvalue weighted by atomic mass is 10.3. The lowest BCUT2D eigenvalue weighted by molar-refractivity contribution is 0.353. The Balaban J connectivity index is 2.31. The predicted molar refractivity (Wildman–Crippen MR) is 90.5 cm³/mol. The molecule has 0 aliphatic carbocycles. The van der Waals surface area contributed by atoms with Crippen LogP contribution in [0.25, 0.3) is 0 Å². The van der Waals surface area contributed by atoms with E-state index in [0.717, 1.165) is 0 Å². The van der Waals surface area contributed by atoms with Crippen LogP contribution in [-0.4, -0.2) is 44.5 Å². The van der Waals surface area contributed by atoms with Gasteiger partial charge in [0.25, 0.3) is 0 Å². The molecule has 1 atom stereocenters. The molecule has 9 nitrogen and oxygen atoms in total. The predicted octanol–water partition coefficient (Wildman–Crippen LogP) is 1.36. The highest BCUT2D eigenvalue weighted by Crippen LogP contribution is 2.30. The smallest absolute Gasteiger partial charge is 0.316 e. The number of hydrogen-bond donors (Lipinski definition) is 1. The summed E-state index contributed by atoms with van der Waals surface area (Å²) < 4.78 is 45.0. The summed E-state index contributed by atoms with van der Waals surface area (Å²) in [6.45, 7) is 4.13. The Bertz CT molecular complexity index is 834. The third kappa shape index (κ3) is 3.85. The van der Waals surface area contributed by atoms with Gasteiger partial charge in [0.1, 0.15) is 0 Å². The van der Waals surface area contributed by atoms with E-state index in [9.17, 15) is 8.42 Å². The summed E-state index contributed by atoms with van der Waals surface area (Å²) in [6.07, 6.45) is 0. The van der Waals surface area contributed by atoms with E-state index < -0.39 is 16.1 Å². The number of benzene rings is 1. The molecular formula is C15H22N4O5S. The molecule has 138 valence electrons. The maximum atomic E-state index is 12.7. The first-order valence-electron chi connectivity index (χ1n) is 7.59. The van der Waals surface area contributed by atoms with Crippen molar-refractivity contribution in [1.29, 1.82) is 0 Å². The van der Waals surface area contributed by atoms with Crippen LogP contribution in [0.2, 0.25) is 0 Å². The van der Waals surface area contributed by atoms with E-state index in [0.29, 0.717) is 29.9 Å². The number of aromatic nitrogens is 3. The molecule has 0 spiro atoms. The quantitative estimate of drug-likeness (QED) is 0.748. The average Bonchev–Trinajstić information content (AvgIpc) is 3.03. The van der Waals surface area contributed by atoms with Crippen LogP contribution in [0.3, 0.4) is 0 Å². The van der Waals surface area contributed by atoms with Crippen LogP contribution in [0, 0.1) is 0 Å². The first-order chi connectivity index (χ1) is 11.9. The van der Waals surface area contributed by atoms with Crippen LogP contribution < -0.4 is 18.9 Å². The number of hydrogen-bond acceptors (Lipinski definition) is 7. The normalized spacial score (nSPS) is 12.7. The van der Waals surface area contributed by atoms with Crippen molar-refractivity contribution < 1.29 is 22.6 Å². The van der Waals surface area contributed by atoms with E-state index in [-0.39, 0.29) is 4.90 Å². The molecule has 0 amide bonds. The van der Waals surface area contributed by atoms with Crippen molar-refractivity contribution in [2.75, 3.05) is 21.3 Å².